The number of anilines is 1. The molecule has 0 bridgehead atoms. The molecule has 1 amide bonds. The first kappa shape index (κ1) is 31.6. The van der Waals surface area contributed by atoms with Crippen molar-refractivity contribution in [2.75, 3.05) is 18.1 Å². The number of benzene rings is 3. The Hall–Kier alpha value is -4.35. The average molecular weight is 658 g/mol. The van der Waals surface area contributed by atoms with E-state index in [-0.39, 0.29) is 22.6 Å². The minimum absolute atomic E-state index is 0.0133. The monoisotopic (exact) mass is 657 g/mol. The lowest BCUT2D eigenvalue weighted by atomic mass is 9.94. The molecule has 0 radical (unpaired) electrons. The van der Waals surface area contributed by atoms with Crippen LogP contribution in [0.25, 0.3) is 5.76 Å². The van der Waals surface area contributed by atoms with Gasteiger partial charge in [-0.3, -0.25) is 14.5 Å². The van der Waals surface area contributed by atoms with Gasteiger partial charge in [-0.05, 0) is 67.3 Å². The van der Waals surface area contributed by atoms with Crippen LogP contribution in [0.2, 0.25) is 0 Å². The van der Waals surface area contributed by atoms with Crippen LogP contribution in [0.5, 0.6) is 17.2 Å². The van der Waals surface area contributed by atoms with Gasteiger partial charge in [0.2, 0.25) is 5.13 Å². The molecule has 3 heterocycles. The summed E-state index contributed by atoms with van der Waals surface area (Å²) in [6.07, 6.45) is 2.57. The van der Waals surface area contributed by atoms with Crippen LogP contribution in [0.1, 0.15) is 61.9 Å². The zero-order valence-electron chi connectivity index (χ0n) is 25.9. The number of hydrogen-bond donors (Lipinski definition) is 1. The molecule has 9 nitrogen and oxygen atoms in total. The molecule has 2 aliphatic rings. The molecule has 238 valence electrons. The van der Waals surface area contributed by atoms with Gasteiger partial charge in [0.05, 0.1) is 24.8 Å². The number of hydrogen-bond acceptors (Lipinski definition) is 10. The number of carbonyl (C=O) groups excluding carboxylic acids is 2. The van der Waals surface area contributed by atoms with Crippen molar-refractivity contribution in [3.63, 3.8) is 0 Å². The molecule has 1 saturated heterocycles. The minimum atomic E-state index is -0.979. The van der Waals surface area contributed by atoms with E-state index in [1.54, 1.807) is 30.3 Å². The molecule has 0 aliphatic carbocycles. The molecule has 0 spiro atoms. The van der Waals surface area contributed by atoms with Crippen molar-refractivity contribution in [1.29, 1.82) is 0 Å². The Morgan fingerprint density at radius 1 is 1.04 bits per heavy atom. The fraction of sp³-hybridized carbons (Fsp3) is 0.314. The zero-order chi connectivity index (χ0) is 32.2. The lowest BCUT2D eigenvalue weighted by molar-refractivity contribution is -0.132. The van der Waals surface area contributed by atoms with Crippen LogP contribution in [0, 0.1) is 0 Å². The van der Waals surface area contributed by atoms with Crippen LogP contribution in [0.3, 0.4) is 0 Å². The number of thioether (sulfide) groups is 1. The van der Waals surface area contributed by atoms with Crippen molar-refractivity contribution in [3.8, 4) is 17.2 Å². The quantitative estimate of drug-likeness (QED) is 0.0417. The number of aliphatic hydroxyl groups excluding tert-OH is 1. The number of aromatic nitrogens is 2. The molecule has 11 heteroatoms. The number of ether oxygens (including phenoxy) is 3. The number of amides is 1. The van der Waals surface area contributed by atoms with Gasteiger partial charge in [0.15, 0.2) is 15.8 Å². The van der Waals surface area contributed by atoms with Gasteiger partial charge in [0.1, 0.15) is 17.6 Å². The average Bonchev–Trinajstić information content (AvgIpc) is 3.75. The summed E-state index contributed by atoms with van der Waals surface area (Å²) in [5, 5.41) is 20.7. The summed E-state index contributed by atoms with van der Waals surface area (Å²) in [6.45, 7) is 6.87. The second-order valence-electron chi connectivity index (χ2n) is 11.1. The summed E-state index contributed by atoms with van der Waals surface area (Å²) in [6, 6.07) is 19.7. The van der Waals surface area contributed by atoms with Gasteiger partial charge in [-0.2, -0.15) is 0 Å². The molecule has 2 unspecified atom stereocenters. The number of rotatable bonds is 12. The molecule has 1 fully saturated rings. The van der Waals surface area contributed by atoms with Crippen molar-refractivity contribution >= 4 is 45.7 Å². The van der Waals surface area contributed by atoms with Gasteiger partial charge in [0, 0.05) is 17.7 Å². The van der Waals surface area contributed by atoms with Crippen LogP contribution in [0.4, 0.5) is 5.13 Å². The van der Waals surface area contributed by atoms with E-state index in [2.05, 4.69) is 17.1 Å². The number of carbonyl (C=O) groups is 2. The fourth-order valence-electron chi connectivity index (χ4n) is 5.56. The Morgan fingerprint density at radius 3 is 2.65 bits per heavy atom. The summed E-state index contributed by atoms with van der Waals surface area (Å²) >= 11 is 2.73. The van der Waals surface area contributed by atoms with Crippen molar-refractivity contribution in [1.82, 2.24) is 10.2 Å². The van der Waals surface area contributed by atoms with Crippen LogP contribution >= 0.6 is 23.1 Å². The maximum absolute atomic E-state index is 13.8. The third-order valence-electron chi connectivity index (χ3n) is 7.76. The Bertz CT molecular complexity index is 1770. The molecule has 2 atom stereocenters. The summed E-state index contributed by atoms with van der Waals surface area (Å²) in [5.74, 6) is 0.619. The molecule has 46 heavy (non-hydrogen) atoms. The smallest absolute Gasteiger partial charge is 0.301 e. The first-order chi connectivity index (χ1) is 22.4. The van der Waals surface area contributed by atoms with Crippen LogP contribution in [0.15, 0.2) is 76.6 Å². The maximum Gasteiger partial charge on any atom is 0.301 e. The van der Waals surface area contributed by atoms with E-state index in [1.165, 1.54) is 28.0 Å². The Morgan fingerprint density at radius 2 is 1.87 bits per heavy atom. The van der Waals surface area contributed by atoms with Gasteiger partial charge in [0.25, 0.3) is 5.78 Å². The van der Waals surface area contributed by atoms with Crippen LogP contribution in [-0.2, 0) is 21.8 Å². The summed E-state index contributed by atoms with van der Waals surface area (Å²) in [5.41, 5.74) is 3.02. The van der Waals surface area contributed by atoms with Gasteiger partial charge in [-0.15, -0.1) is 10.2 Å². The highest BCUT2D eigenvalue weighted by Crippen LogP contribution is 2.46. The van der Waals surface area contributed by atoms with Crippen molar-refractivity contribution in [2.45, 2.75) is 62.3 Å². The number of Topliss-reactive ketones (excluding diaryl/α,β-unsaturated/α-hetero) is 1. The highest BCUT2D eigenvalue weighted by molar-refractivity contribution is 8.00. The highest BCUT2D eigenvalue weighted by atomic mass is 32.2. The SMILES string of the molecule is CCCCOc1ccc(C2/C(=C(/O)c3ccc4c(c3)CC(C)O4)C(=O)C(=O)N2c2nnc(SCc3ccccc3)s2)cc1OCC. The van der Waals surface area contributed by atoms with Crippen molar-refractivity contribution in [2.24, 2.45) is 0 Å². The maximum atomic E-state index is 13.8. The number of nitrogens with zero attached hydrogens (tertiary/aromatic N) is 3. The largest absolute Gasteiger partial charge is 0.507 e. The van der Waals surface area contributed by atoms with E-state index in [0.29, 0.717) is 52.4 Å². The number of aliphatic hydroxyl groups is 1. The summed E-state index contributed by atoms with van der Waals surface area (Å²) in [7, 11) is 0. The van der Waals surface area contributed by atoms with Crippen molar-refractivity contribution in [3.05, 3.63) is 94.6 Å². The van der Waals surface area contributed by atoms with E-state index in [9.17, 15) is 14.7 Å². The molecule has 1 aromatic heterocycles. The van der Waals surface area contributed by atoms with Gasteiger partial charge in [-0.25, -0.2) is 0 Å². The van der Waals surface area contributed by atoms with E-state index in [1.807, 2.05) is 50.2 Å². The summed E-state index contributed by atoms with van der Waals surface area (Å²) < 4.78 is 18.4. The third-order valence-corrected chi connectivity index (χ3v) is 9.89. The standard InChI is InChI=1S/C35H35N3O6S2/c1-4-6-16-43-27-15-12-23(19-28(27)42-5-2)30-29(31(39)24-13-14-26-25(18-24)17-21(3)44-26)32(40)33(41)38(30)34-36-37-35(46-34)45-20-22-10-8-7-9-11-22/h7-15,18-19,21,30,39H,4-6,16-17,20H2,1-3H3/b31-29-. The topological polar surface area (TPSA) is 111 Å². The molecule has 4 aromatic rings. The van der Waals surface area contributed by atoms with Crippen molar-refractivity contribution < 1.29 is 28.9 Å². The minimum Gasteiger partial charge on any atom is -0.507 e. The van der Waals surface area contributed by atoms with E-state index < -0.39 is 17.7 Å². The molecular weight excluding hydrogens is 623 g/mol. The zero-order valence-corrected chi connectivity index (χ0v) is 27.5. The van der Waals surface area contributed by atoms with E-state index >= 15 is 0 Å². The Labute approximate surface area is 276 Å². The van der Waals surface area contributed by atoms with Crippen LogP contribution in [-0.4, -0.2) is 46.3 Å². The first-order valence-corrected chi connectivity index (χ1v) is 17.2. The van der Waals surface area contributed by atoms with Gasteiger partial charge in [-0.1, -0.05) is 72.8 Å². The molecular formula is C35H35N3O6S2. The fourth-order valence-corrected chi connectivity index (χ4v) is 7.38. The Kier molecular flexibility index (Phi) is 9.60. The van der Waals surface area contributed by atoms with Gasteiger partial charge >= 0.3 is 5.91 Å². The molecule has 1 N–H and O–H groups in total. The molecule has 2 aliphatic heterocycles. The second-order valence-corrected chi connectivity index (χ2v) is 13.3. The Balaban J connectivity index is 1.42. The highest BCUT2D eigenvalue weighted by Gasteiger charge is 2.48. The number of fused-ring (bicyclic) bond motifs is 1. The normalized spacial score (nSPS) is 18.5. The van der Waals surface area contributed by atoms with E-state index in [0.717, 1.165) is 29.7 Å². The third kappa shape index (κ3) is 6.47. The van der Waals surface area contributed by atoms with E-state index in [4.69, 9.17) is 14.2 Å². The summed E-state index contributed by atoms with van der Waals surface area (Å²) in [4.78, 5) is 28.9. The second kappa shape index (κ2) is 14.0. The predicted molar refractivity (Wildman–Crippen MR) is 179 cm³/mol. The van der Waals surface area contributed by atoms with Crippen LogP contribution < -0.4 is 19.1 Å². The lowest BCUT2D eigenvalue weighted by Gasteiger charge is -2.23. The predicted octanol–water partition coefficient (Wildman–Crippen LogP) is 7.36. The molecule has 3 aromatic carbocycles. The number of unbranched alkanes of at least 4 members (excludes halogenated alkanes) is 1. The van der Waals surface area contributed by atoms with Gasteiger partial charge < -0.3 is 19.3 Å². The number of ketones is 1. The first-order valence-electron chi connectivity index (χ1n) is 15.4. The molecule has 6 rings (SSSR count). The lowest BCUT2D eigenvalue weighted by Crippen LogP contribution is -2.29. The molecule has 0 saturated carbocycles.